The molecule has 0 aromatic heterocycles. The van der Waals surface area contributed by atoms with Gasteiger partial charge in [0.2, 0.25) is 11.8 Å². The lowest BCUT2D eigenvalue weighted by molar-refractivity contribution is -0.129. The van der Waals surface area contributed by atoms with Gasteiger partial charge in [-0.1, -0.05) is 33.6 Å². The molecule has 1 aliphatic carbocycles. The maximum Gasteiger partial charge on any atom is 0.338 e. The Morgan fingerprint density at radius 1 is 1.00 bits per heavy atom. The molecule has 6 nitrogen and oxygen atoms in total. The van der Waals surface area contributed by atoms with Gasteiger partial charge in [-0.15, -0.1) is 0 Å². The zero-order valence-corrected chi connectivity index (χ0v) is 16.0. The molecular weight excluding hydrogens is 346 g/mol. The molecule has 1 saturated carbocycles. The fraction of sp³-hybridized carbons (Fsp3) is 0.524. The zero-order valence-electron chi connectivity index (χ0n) is 16.0. The molecule has 0 spiro atoms. The van der Waals surface area contributed by atoms with Crippen LogP contribution in [-0.2, 0) is 19.1 Å². The van der Waals surface area contributed by atoms with Crippen molar-refractivity contribution in [1.29, 1.82) is 0 Å². The number of carbonyl (C=O) groups is 4. The first-order valence-corrected chi connectivity index (χ1v) is 9.38. The standard InChI is InChI=1S/C21H25NO5/c1-21(2,3)17(23)12-27-20(26)13-8-10-14(11-9-13)22-18(24)15-6-4-5-7-16(15)19(22)25/h8-11,15-16H,4-7,12H2,1-3H3/t15-,16-/m0/s1. The summed E-state index contributed by atoms with van der Waals surface area (Å²) in [4.78, 5) is 50.5. The number of carbonyl (C=O) groups excluding carboxylic acids is 4. The molecule has 144 valence electrons. The van der Waals surface area contributed by atoms with Crippen LogP contribution in [0.25, 0.3) is 0 Å². The topological polar surface area (TPSA) is 80.8 Å². The lowest BCUT2D eigenvalue weighted by atomic mass is 9.81. The number of anilines is 1. The summed E-state index contributed by atoms with van der Waals surface area (Å²) in [6.45, 7) is 5.01. The van der Waals surface area contributed by atoms with Crippen LogP contribution in [0.4, 0.5) is 5.69 Å². The molecule has 1 aromatic carbocycles. The second-order valence-electron chi connectivity index (χ2n) is 8.31. The smallest absolute Gasteiger partial charge is 0.338 e. The van der Waals surface area contributed by atoms with E-state index in [9.17, 15) is 19.2 Å². The first-order valence-electron chi connectivity index (χ1n) is 9.38. The van der Waals surface area contributed by atoms with Crippen LogP contribution in [0.2, 0.25) is 0 Å². The van der Waals surface area contributed by atoms with Crippen LogP contribution in [0, 0.1) is 17.3 Å². The van der Waals surface area contributed by atoms with Crippen molar-refractivity contribution < 1.29 is 23.9 Å². The lowest BCUT2D eigenvalue weighted by Crippen LogP contribution is -2.30. The molecule has 2 aliphatic rings. The average molecular weight is 371 g/mol. The van der Waals surface area contributed by atoms with Crippen molar-refractivity contribution in [3.8, 4) is 0 Å². The number of ether oxygens (including phenoxy) is 1. The Hall–Kier alpha value is -2.50. The SMILES string of the molecule is CC(C)(C)C(=O)COC(=O)c1ccc(N2C(=O)[C@H]3CCCC[C@@H]3C2=O)cc1. The summed E-state index contributed by atoms with van der Waals surface area (Å²) < 4.78 is 5.07. The molecule has 1 heterocycles. The van der Waals surface area contributed by atoms with E-state index in [1.165, 1.54) is 17.0 Å². The van der Waals surface area contributed by atoms with Gasteiger partial charge in [0.05, 0.1) is 23.1 Å². The minimum absolute atomic E-state index is 0.143. The van der Waals surface area contributed by atoms with Crippen molar-refractivity contribution in [3.63, 3.8) is 0 Å². The van der Waals surface area contributed by atoms with Crippen molar-refractivity contribution in [2.75, 3.05) is 11.5 Å². The maximum absolute atomic E-state index is 12.6. The molecule has 27 heavy (non-hydrogen) atoms. The Morgan fingerprint density at radius 3 is 2.00 bits per heavy atom. The number of hydrogen-bond donors (Lipinski definition) is 0. The number of imide groups is 1. The highest BCUT2D eigenvalue weighted by atomic mass is 16.5. The fourth-order valence-electron chi connectivity index (χ4n) is 3.59. The average Bonchev–Trinajstić information content (AvgIpc) is 2.90. The fourth-order valence-corrected chi connectivity index (χ4v) is 3.59. The summed E-state index contributed by atoms with van der Waals surface area (Å²) in [5, 5.41) is 0. The van der Waals surface area contributed by atoms with Crippen LogP contribution in [0.1, 0.15) is 56.8 Å². The minimum Gasteiger partial charge on any atom is -0.454 e. The lowest BCUT2D eigenvalue weighted by Gasteiger charge is -2.19. The van der Waals surface area contributed by atoms with E-state index in [0.717, 1.165) is 25.7 Å². The highest BCUT2D eigenvalue weighted by molar-refractivity contribution is 6.22. The highest BCUT2D eigenvalue weighted by Gasteiger charge is 2.48. The number of hydrogen-bond acceptors (Lipinski definition) is 5. The Kier molecular flexibility index (Phi) is 5.18. The normalized spacial score (nSPS) is 22.6. The summed E-state index contributed by atoms with van der Waals surface area (Å²) in [5.41, 5.74) is 0.177. The number of fused-ring (bicyclic) bond motifs is 1. The number of Topliss-reactive ketones (excluding diaryl/α,β-unsaturated/α-hetero) is 1. The molecule has 1 saturated heterocycles. The molecule has 1 aliphatic heterocycles. The largest absolute Gasteiger partial charge is 0.454 e. The molecule has 6 heteroatoms. The van der Waals surface area contributed by atoms with E-state index in [0.29, 0.717) is 5.69 Å². The van der Waals surface area contributed by atoms with Gasteiger partial charge >= 0.3 is 5.97 Å². The van der Waals surface area contributed by atoms with Crippen LogP contribution in [0.15, 0.2) is 24.3 Å². The first kappa shape index (κ1) is 19.3. The number of esters is 1. The molecule has 0 radical (unpaired) electrons. The monoisotopic (exact) mass is 371 g/mol. The number of rotatable bonds is 4. The Balaban J connectivity index is 1.68. The van der Waals surface area contributed by atoms with Crippen LogP contribution >= 0.6 is 0 Å². The van der Waals surface area contributed by atoms with E-state index in [1.807, 2.05) is 0 Å². The van der Waals surface area contributed by atoms with Crippen molar-refractivity contribution in [1.82, 2.24) is 0 Å². The summed E-state index contributed by atoms with van der Waals surface area (Å²) in [7, 11) is 0. The Bertz CT molecular complexity index is 751. The molecule has 3 rings (SSSR count). The van der Waals surface area contributed by atoms with Gasteiger partial charge < -0.3 is 4.74 Å². The number of ketones is 1. The summed E-state index contributed by atoms with van der Waals surface area (Å²) in [6.07, 6.45) is 3.48. The number of nitrogens with zero attached hydrogens (tertiary/aromatic N) is 1. The van der Waals surface area contributed by atoms with Gasteiger partial charge in [0, 0.05) is 5.41 Å². The summed E-state index contributed by atoms with van der Waals surface area (Å²) >= 11 is 0. The van der Waals surface area contributed by atoms with E-state index < -0.39 is 11.4 Å². The van der Waals surface area contributed by atoms with E-state index in [1.54, 1.807) is 32.9 Å². The van der Waals surface area contributed by atoms with Crippen molar-refractivity contribution in [2.45, 2.75) is 46.5 Å². The van der Waals surface area contributed by atoms with E-state index in [-0.39, 0.29) is 41.6 Å². The van der Waals surface area contributed by atoms with Gasteiger partial charge in [0.1, 0.15) is 0 Å². The zero-order chi connectivity index (χ0) is 19.8. The van der Waals surface area contributed by atoms with E-state index in [2.05, 4.69) is 0 Å². The molecule has 2 atom stereocenters. The minimum atomic E-state index is -0.605. The number of benzene rings is 1. The van der Waals surface area contributed by atoms with Crippen molar-refractivity contribution in [3.05, 3.63) is 29.8 Å². The molecular formula is C21H25NO5. The second-order valence-corrected chi connectivity index (χ2v) is 8.31. The van der Waals surface area contributed by atoms with Gasteiger partial charge in [-0.25, -0.2) is 4.79 Å². The van der Waals surface area contributed by atoms with E-state index >= 15 is 0 Å². The molecule has 1 aromatic rings. The van der Waals surface area contributed by atoms with Gasteiger partial charge in [0.25, 0.3) is 0 Å². The van der Waals surface area contributed by atoms with Crippen LogP contribution < -0.4 is 4.90 Å². The van der Waals surface area contributed by atoms with Crippen molar-refractivity contribution >= 4 is 29.3 Å². The molecule has 2 fully saturated rings. The van der Waals surface area contributed by atoms with Gasteiger partial charge in [-0.3, -0.25) is 19.3 Å². The third kappa shape index (κ3) is 3.80. The van der Waals surface area contributed by atoms with Crippen LogP contribution in [0.5, 0.6) is 0 Å². The quantitative estimate of drug-likeness (QED) is 0.600. The van der Waals surface area contributed by atoms with Crippen molar-refractivity contribution in [2.24, 2.45) is 17.3 Å². The maximum atomic E-state index is 12.6. The Labute approximate surface area is 158 Å². The van der Waals surface area contributed by atoms with Gasteiger partial charge in [-0.05, 0) is 37.1 Å². The van der Waals surface area contributed by atoms with Gasteiger partial charge in [0.15, 0.2) is 12.4 Å². The predicted octanol–water partition coefficient (Wildman–Crippen LogP) is 3.14. The third-order valence-electron chi connectivity index (χ3n) is 5.37. The Morgan fingerprint density at radius 2 is 1.52 bits per heavy atom. The molecule has 2 amide bonds. The van der Waals surface area contributed by atoms with Crippen LogP contribution in [0.3, 0.4) is 0 Å². The number of amides is 2. The van der Waals surface area contributed by atoms with Crippen LogP contribution in [-0.4, -0.2) is 30.2 Å². The summed E-state index contributed by atoms with van der Waals surface area (Å²) in [6, 6.07) is 6.19. The third-order valence-corrected chi connectivity index (χ3v) is 5.37. The molecule has 0 bridgehead atoms. The van der Waals surface area contributed by atoms with E-state index in [4.69, 9.17) is 4.74 Å². The molecule has 0 unspecified atom stereocenters. The van der Waals surface area contributed by atoms with Gasteiger partial charge in [-0.2, -0.15) is 0 Å². The summed E-state index contributed by atoms with van der Waals surface area (Å²) in [5.74, 6) is -1.47. The second kappa shape index (κ2) is 7.25. The highest BCUT2D eigenvalue weighted by Crippen LogP contribution is 2.40. The molecule has 0 N–H and O–H groups in total. The predicted molar refractivity (Wildman–Crippen MR) is 99.1 cm³/mol. The first-order chi connectivity index (χ1) is 12.7.